The summed E-state index contributed by atoms with van der Waals surface area (Å²) >= 11 is 6.27. The van der Waals surface area contributed by atoms with Crippen LogP contribution < -0.4 is 11.0 Å². The number of nitrogens with zero attached hydrogens (tertiary/aromatic N) is 1. The molecular formula is C22H16ClN3O2. The predicted molar refractivity (Wildman–Crippen MR) is 111 cm³/mol. The summed E-state index contributed by atoms with van der Waals surface area (Å²) in [5.41, 5.74) is 6.69. The van der Waals surface area contributed by atoms with E-state index >= 15 is 0 Å². The number of aromatic amines is 1. The van der Waals surface area contributed by atoms with Crippen molar-refractivity contribution >= 4 is 28.2 Å². The zero-order valence-corrected chi connectivity index (χ0v) is 15.5. The number of halogens is 1. The smallest absolute Gasteiger partial charge is 0.258 e. The monoisotopic (exact) mass is 389 g/mol. The van der Waals surface area contributed by atoms with Gasteiger partial charge in [-0.1, -0.05) is 41.9 Å². The standard InChI is InChI=1S/C22H16ClN3O2/c23-14-8-9-16-15(11-14)20(13-5-2-1-3-6-13)21(22(27)24-16)18-12-17(25-26-18)19-7-4-10-28-19/h1-11,17,25H,12H2,(H,24,27)/t17-/m0/s1. The van der Waals surface area contributed by atoms with Gasteiger partial charge in [0.1, 0.15) is 11.8 Å². The fourth-order valence-electron chi connectivity index (χ4n) is 3.70. The van der Waals surface area contributed by atoms with Crippen LogP contribution in [0.2, 0.25) is 5.02 Å². The number of benzene rings is 2. The van der Waals surface area contributed by atoms with Gasteiger partial charge < -0.3 is 9.40 Å². The van der Waals surface area contributed by atoms with Crippen molar-refractivity contribution in [3.8, 4) is 11.1 Å². The first-order valence-electron chi connectivity index (χ1n) is 8.97. The third kappa shape index (κ3) is 2.80. The molecule has 1 atom stereocenters. The molecule has 0 fully saturated rings. The molecule has 0 saturated carbocycles. The summed E-state index contributed by atoms with van der Waals surface area (Å²) in [7, 11) is 0. The third-order valence-corrected chi connectivity index (χ3v) is 5.20. The molecule has 5 rings (SSSR count). The Morgan fingerprint density at radius 3 is 2.68 bits per heavy atom. The highest BCUT2D eigenvalue weighted by Gasteiger charge is 2.28. The Morgan fingerprint density at radius 2 is 1.89 bits per heavy atom. The van der Waals surface area contributed by atoms with Gasteiger partial charge in [0.25, 0.3) is 5.56 Å². The molecule has 138 valence electrons. The van der Waals surface area contributed by atoms with Gasteiger partial charge in [0.15, 0.2) is 0 Å². The van der Waals surface area contributed by atoms with Crippen LogP contribution in [0.15, 0.2) is 81.2 Å². The van der Waals surface area contributed by atoms with E-state index in [9.17, 15) is 4.79 Å². The number of fused-ring (bicyclic) bond motifs is 1. The van der Waals surface area contributed by atoms with Crippen LogP contribution in [-0.4, -0.2) is 10.7 Å². The number of pyridine rings is 1. The van der Waals surface area contributed by atoms with Crippen LogP contribution in [0, 0.1) is 0 Å². The van der Waals surface area contributed by atoms with E-state index in [1.54, 1.807) is 12.3 Å². The maximum atomic E-state index is 13.1. The highest BCUT2D eigenvalue weighted by atomic mass is 35.5. The molecular weight excluding hydrogens is 374 g/mol. The second kappa shape index (κ2) is 6.69. The Bertz CT molecular complexity index is 1240. The summed E-state index contributed by atoms with van der Waals surface area (Å²) in [5, 5.41) is 5.97. The molecule has 2 aromatic heterocycles. The second-order valence-corrected chi connectivity index (χ2v) is 7.16. The summed E-state index contributed by atoms with van der Waals surface area (Å²) in [6.45, 7) is 0. The summed E-state index contributed by atoms with van der Waals surface area (Å²) in [4.78, 5) is 16.0. The minimum atomic E-state index is -0.172. The predicted octanol–water partition coefficient (Wildman–Crippen LogP) is 4.88. The van der Waals surface area contributed by atoms with Gasteiger partial charge in [-0.3, -0.25) is 10.2 Å². The summed E-state index contributed by atoms with van der Waals surface area (Å²) in [6.07, 6.45) is 2.19. The second-order valence-electron chi connectivity index (χ2n) is 6.72. The summed E-state index contributed by atoms with van der Waals surface area (Å²) in [6, 6.07) is 19.0. The SMILES string of the molecule is O=c1[nH]c2ccc(Cl)cc2c(-c2ccccc2)c1C1=NN[C@H](c2ccco2)C1. The normalized spacial score (nSPS) is 16.2. The quantitative estimate of drug-likeness (QED) is 0.524. The molecule has 0 radical (unpaired) electrons. The topological polar surface area (TPSA) is 70.4 Å². The van der Waals surface area contributed by atoms with Crippen molar-refractivity contribution in [2.24, 2.45) is 5.10 Å². The Morgan fingerprint density at radius 1 is 1.04 bits per heavy atom. The van der Waals surface area contributed by atoms with Crippen LogP contribution in [0.4, 0.5) is 0 Å². The maximum Gasteiger partial charge on any atom is 0.258 e. The van der Waals surface area contributed by atoms with Gasteiger partial charge in [0.2, 0.25) is 0 Å². The lowest BCUT2D eigenvalue weighted by atomic mass is 9.92. The van der Waals surface area contributed by atoms with Crippen molar-refractivity contribution in [1.82, 2.24) is 10.4 Å². The maximum absolute atomic E-state index is 13.1. The van der Waals surface area contributed by atoms with Gasteiger partial charge in [0.05, 0.1) is 17.5 Å². The van der Waals surface area contributed by atoms with Gasteiger partial charge >= 0.3 is 0 Å². The molecule has 0 unspecified atom stereocenters. The lowest BCUT2D eigenvalue weighted by molar-refractivity contribution is 0.440. The Labute approximate surface area is 165 Å². The van der Waals surface area contributed by atoms with Crippen LogP contribution in [0.25, 0.3) is 22.0 Å². The Hall–Kier alpha value is -3.31. The summed E-state index contributed by atoms with van der Waals surface area (Å²) in [5.74, 6) is 0.792. The Balaban J connectivity index is 1.73. The number of hydrogen-bond acceptors (Lipinski definition) is 4. The number of furan rings is 1. The molecule has 0 aliphatic carbocycles. The molecule has 0 bridgehead atoms. The fourth-order valence-corrected chi connectivity index (χ4v) is 3.87. The molecule has 2 N–H and O–H groups in total. The first kappa shape index (κ1) is 16.8. The van der Waals surface area contributed by atoms with Crippen LogP contribution in [0.1, 0.15) is 23.8 Å². The van der Waals surface area contributed by atoms with E-state index in [0.29, 0.717) is 22.7 Å². The van der Waals surface area contributed by atoms with E-state index in [-0.39, 0.29) is 11.6 Å². The number of nitrogens with one attached hydrogen (secondary N) is 2. The van der Waals surface area contributed by atoms with Crippen molar-refractivity contribution in [2.75, 3.05) is 0 Å². The van der Waals surface area contributed by atoms with E-state index < -0.39 is 0 Å². The van der Waals surface area contributed by atoms with Crippen LogP contribution in [0.3, 0.4) is 0 Å². The van der Waals surface area contributed by atoms with Crippen molar-refractivity contribution in [3.63, 3.8) is 0 Å². The Kier molecular flexibility index (Phi) is 4.02. The first-order valence-corrected chi connectivity index (χ1v) is 9.35. The zero-order chi connectivity index (χ0) is 19.1. The molecule has 4 aromatic rings. The molecule has 5 nitrogen and oxygen atoms in total. The fraction of sp³-hybridized carbons (Fsp3) is 0.0909. The van der Waals surface area contributed by atoms with Crippen LogP contribution in [-0.2, 0) is 0 Å². The van der Waals surface area contributed by atoms with Gasteiger partial charge in [-0.15, -0.1) is 0 Å². The van der Waals surface area contributed by atoms with Crippen LogP contribution >= 0.6 is 11.6 Å². The molecule has 0 amide bonds. The van der Waals surface area contributed by atoms with Crippen molar-refractivity contribution in [1.29, 1.82) is 0 Å². The minimum Gasteiger partial charge on any atom is -0.467 e. The van der Waals surface area contributed by atoms with Gasteiger partial charge in [-0.2, -0.15) is 5.10 Å². The molecule has 1 aliphatic rings. The third-order valence-electron chi connectivity index (χ3n) is 4.97. The molecule has 6 heteroatoms. The first-order chi connectivity index (χ1) is 13.7. The molecule has 1 aliphatic heterocycles. The lowest BCUT2D eigenvalue weighted by Gasteiger charge is -2.13. The van der Waals surface area contributed by atoms with Gasteiger partial charge in [-0.25, -0.2) is 0 Å². The molecule has 2 aromatic carbocycles. The number of aromatic nitrogens is 1. The molecule has 0 spiro atoms. The minimum absolute atomic E-state index is 0.0944. The molecule has 3 heterocycles. The highest BCUT2D eigenvalue weighted by molar-refractivity contribution is 6.31. The van der Waals surface area contributed by atoms with Gasteiger partial charge in [0, 0.05) is 27.9 Å². The van der Waals surface area contributed by atoms with Crippen LogP contribution in [0.5, 0.6) is 0 Å². The molecule has 0 saturated heterocycles. The number of hydrazone groups is 1. The largest absolute Gasteiger partial charge is 0.467 e. The average Bonchev–Trinajstić information content (AvgIpc) is 3.40. The average molecular weight is 390 g/mol. The van der Waals surface area contributed by atoms with E-state index in [4.69, 9.17) is 16.0 Å². The van der Waals surface area contributed by atoms with E-state index in [2.05, 4.69) is 15.5 Å². The zero-order valence-electron chi connectivity index (χ0n) is 14.8. The molecule has 28 heavy (non-hydrogen) atoms. The van der Waals surface area contributed by atoms with E-state index in [1.807, 2.05) is 54.6 Å². The summed E-state index contributed by atoms with van der Waals surface area (Å²) < 4.78 is 5.49. The lowest BCUT2D eigenvalue weighted by Crippen LogP contribution is -2.19. The van der Waals surface area contributed by atoms with E-state index in [0.717, 1.165) is 27.8 Å². The number of rotatable bonds is 3. The number of H-pyrrole nitrogens is 1. The van der Waals surface area contributed by atoms with Crippen molar-refractivity contribution in [3.05, 3.63) is 93.6 Å². The highest BCUT2D eigenvalue weighted by Crippen LogP contribution is 2.34. The van der Waals surface area contributed by atoms with Gasteiger partial charge in [-0.05, 0) is 35.9 Å². The number of hydrogen-bond donors (Lipinski definition) is 2. The van der Waals surface area contributed by atoms with E-state index in [1.165, 1.54) is 0 Å². The van der Waals surface area contributed by atoms with Crippen molar-refractivity contribution in [2.45, 2.75) is 12.5 Å². The van der Waals surface area contributed by atoms with Crippen molar-refractivity contribution < 1.29 is 4.42 Å².